The Morgan fingerprint density at radius 3 is 2.33 bits per heavy atom. The molecule has 0 aliphatic carbocycles. The number of halogens is 1. The van der Waals surface area contributed by atoms with Crippen LogP contribution in [-0.4, -0.2) is 9.55 Å². The first-order chi connectivity index (χ1) is 8.84. The van der Waals surface area contributed by atoms with Gasteiger partial charge >= 0.3 is 0 Å². The summed E-state index contributed by atoms with van der Waals surface area (Å²) in [4.78, 5) is 4.01. The molecule has 3 aromatic rings. The molecule has 18 heavy (non-hydrogen) atoms. The van der Waals surface area contributed by atoms with Crippen molar-refractivity contribution in [3.63, 3.8) is 0 Å². The Balaban J connectivity index is 2.10. The third kappa shape index (κ3) is 1.91. The molecule has 0 aliphatic rings. The second kappa shape index (κ2) is 4.45. The van der Waals surface area contributed by atoms with Crippen LogP contribution in [0.5, 0.6) is 0 Å². The zero-order valence-corrected chi connectivity index (χ0v) is 9.62. The van der Waals surface area contributed by atoms with Gasteiger partial charge in [0.1, 0.15) is 5.82 Å². The van der Waals surface area contributed by atoms with E-state index in [9.17, 15) is 4.39 Å². The minimum atomic E-state index is -0.226. The van der Waals surface area contributed by atoms with Crippen molar-refractivity contribution in [3.05, 3.63) is 72.9 Å². The lowest BCUT2D eigenvalue weighted by Gasteiger charge is -2.09. The maximum absolute atomic E-state index is 12.9. The highest BCUT2D eigenvalue weighted by Gasteiger charge is 2.05. The van der Waals surface area contributed by atoms with Gasteiger partial charge in [-0.3, -0.25) is 4.98 Å². The summed E-state index contributed by atoms with van der Waals surface area (Å²) in [7, 11) is 0. The molecule has 88 valence electrons. The van der Waals surface area contributed by atoms with E-state index in [4.69, 9.17) is 0 Å². The van der Waals surface area contributed by atoms with Crippen LogP contribution in [0.1, 0.15) is 0 Å². The van der Waals surface area contributed by atoms with Crippen molar-refractivity contribution in [2.75, 3.05) is 0 Å². The second-order valence-corrected chi connectivity index (χ2v) is 3.98. The van der Waals surface area contributed by atoms with E-state index in [1.54, 1.807) is 24.5 Å². The van der Waals surface area contributed by atoms with Crippen LogP contribution in [0.3, 0.4) is 0 Å². The molecule has 2 nitrogen and oxygen atoms in total. The Labute approximate surface area is 104 Å². The predicted octanol–water partition coefficient (Wildman–Crippen LogP) is 3.68. The van der Waals surface area contributed by atoms with Gasteiger partial charge in [-0.15, -0.1) is 0 Å². The molecule has 0 saturated heterocycles. The largest absolute Gasteiger partial charge is 0.317 e. The predicted molar refractivity (Wildman–Crippen MR) is 69.0 cm³/mol. The molecule has 1 aromatic carbocycles. The number of aromatic nitrogens is 2. The third-order valence-corrected chi connectivity index (χ3v) is 2.83. The molecular weight excluding hydrogens is 227 g/mol. The first-order valence-electron chi connectivity index (χ1n) is 5.68. The highest BCUT2D eigenvalue weighted by molar-refractivity contribution is 5.62. The Morgan fingerprint density at radius 1 is 0.889 bits per heavy atom. The van der Waals surface area contributed by atoms with E-state index in [2.05, 4.69) is 4.98 Å². The number of rotatable bonds is 2. The summed E-state index contributed by atoms with van der Waals surface area (Å²) in [5.74, 6) is -0.226. The first kappa shape index (κ1) is 10.7. The number of hydrogen-bond donors (Lipinski definition) is 0. The van der Waals surface area contributed by atoms with Crippen LogP contribution in [0.15, 0.2) is 67.1 Å². The van der Waals surface area contributed by atoms with Gasteiger partial charge in [0.15, 0.2) is 0 Å². The van der Waals surface area contributed by atoms with Crippen LogP contribution in [-0.2, 0) is 0 Å². The molecule has 2 heterocycles. The minimum absolute atomic E-state index is 0.226. The van der Waals surface area contributed by atoms with E-state index in [-0.39, 0.29) is 5.82 Å². The SMILES string of the molecule is Fc1ccc(-n2cccc2-c2ccncc2)cc1. The molecular formula is C15H11FN2. The van der Waals surface area contributed by atoms with Crippen molar-refractivity contribution in [2.24, 2.45) is 0 Å². The van der Waals surface area contributed by atoms with Gasteiger partial charge < -0.3 is 4.57 Å². The van der Waals surface area contributed by atoms with Crippen molar-refractivity contribution in [1.29, 1.82) is 0 Å². The smallest absolute Gasteiger partial charge is 0.123 e. The zero-order chi connectivity index (χ0) is 12.4. The minimum Gasteiger partial charge on any atom is -0.317 e. The summed E-state index contributed by atoms with van der Waals surface area (Å²) >= 11 is 0. The first-order valence-corrected chi connectivity index (χ1v) is 5.68. The molecule has 0 radical (unpaired) electrons. The highest BCUT2D eigenvalue weighted by atomic mass is 19.1. The van der Waals surface area contributed by atoms with Gasteiger partial charge in [-0.1, -0.05) is 0 Å². The lowest BCUT2D eigenvalue weighted by atomic mass is 10.2. The average Bonchev–Trinajstić information content (AvgIpc) is 2.90. The normalized spacial score (nSPS) is 10.5. The molecule has 0 atom stereocenters. The van der Waals surface area contributed by atoms with Crippen molar-refractivity contribution in [1.82, 2.24) is 9.55 Å². The van der Waals surface area contributed by atoms with Crippen LogP contribution in [0, 0.1) is 5.82 Å². The number of nitrogens with zero attached hydrogens (tertiary/aromatic N) is 2. The number of benzene rings is 1. The van der Waals surface area contributed by atoms with Gasteiger partial charge in [-0.25, -0.2) is 4.39 Å². The van der Waals surface area contributed by atoms with Crippen LogP contribution in [0.4, 0.5) is 4.39 Å². The van der Waals surface area contributed by atoms with Gasteiger partial charge in [-0.2, -0.15) is 0 Å². The van der Waals surface area contributed by atoms with E-state index in [1.165, 1.54) is 12.1 Å². The fourth-order valence-electron chi connectivity index (χ4n) is 1.97. The second-order valence-electron chi connectivity index (χ2n) is 3.98. The fourth-order valence-corrected chi connectivity index (χ4v) is 1.97. The van der Waals surface area contributed by atoms with E-state index in [0.717, 1.165) is 16.9 Å². The maximum Gasteiger partial charge on any atom is 0.123 e. The molecule has 0 spiro atoms. The van der Waals surface area contributed by atoms with Gasteiger partial charge in [0, 0.05) is 29.8 Å². The van der Waals surface area contributed by atoms with E-state index < -0.39 is 0 Å². The van der Waals surface area contributed by atoms with Crippen molar-refractivity contribution in [2.45, 2.75) is 0 Å². The number of hydrogen-bond acceptors (Lipinski definition) is 1. The van der Waals surface area contributed by atoms with E-state index in [0.29, 0.717) is 0 Å². The highest BCUT2D eigenvalue weighted by Crippen LogP contribution is 2.23. The van der Waals surface area contributed by atoms with Gasteiger partial charge in [0.2, 0.25) is 0 Å². The average molecular weight is 238 g/mol. The summed E-state index contributed by atoms with van der Waals surface area (Å²) in [6, 6.07) is 14.4. The Kier molecular flexibility index (Phi) is 2.65. The molecule has 0 amide bonds. The molecule has 0 bridgehead atoms. The topological polar surface area (TPSA) is 17.8 Å². The molecule has 0 fully saturated rings. The monoisotopic (exact) mass is 238 g/mol. The molecule has 0 saturated carbocycles. The summed E-state index contributed by atoms with van der Waals surface area (Å²) < 4.78 is 15.0. The van der Waals surface area contributed by atoms with E-state index in [1.807, 2.05) is 35.0 Å². The van der Waals surface area contributed by atoms with Crippen LogP contribution >= 0.6 is 0 Å². The molecule has 0 unspecified atom stereocenters. The van der Waals surface area contributed by atoms with Crippen LogP contribution in [0.2, 0.25) is 0 Å². The Hall–Kier alpha value is -2.42. The summed E-state index contributed by atoms with van der Waals surface area (Å²) in [6.45, 7) is 0. The fraction of sp³-hybridized carbons (Fsp3) is 0. The summed E-state index contributed by atoms with van der Waals surface area (Å²) in [6.07, 6.45) is 5.48. The third-order valence-electron chi connectivity index (χ3n) is 2.83. The molecule has 3 heteroatoms. The van der Waals surface area contributed by atoms with Crippen LogP contribution in [0.25, 0.3) is 16.9 Å². The lowest BCUT2D eigenvalue weighted by molar-refractivity contribution is 0.627. The molecule has 0 aliphatic heterocycles. The quantitative estimate of drug-likeness (QED) is 0.666. The van der Waals surface area contributed by atoms with Crippen molar-refractivity contribution in [3.8, 4) is 16.9 Å². The van der Waals surface area contributed by atoms with Gasteiger partial charge in [0.05, 0.1) is 5.69 Å². The Bertz CT molecular complexity index is 642. The lowest BCUT2D eigenvalue weighted by Crippen LogP contribution is -1.95. The van der Waals surface area contributed by atoms with Gasteiger partial charge in [-0.05, 0) is 48.5 Å². The van der Waals surface area contributed by atoms with Gasteiger partial charge in [0.25, 0.3) is 0 Å². The van der Waals surface area contributed by atoms with Crippen LogP contribution < -0.4 is 0 Å². The zero-order valence-electron chi connectivity index (χ0n) is 9.62. The number of pyridine rings is 1. The maximum atomic E-state index is 12.9. The summed E-state index contributed by atoms with van der Waals surface area (Å²) in [5.41, 5.74) is 3.08. The van der Waals surface area contributed by atoms with Crippen molar-refractivity contribution >= 4 is 0 Å². The standard InChI is InChI=1S/C15H11FN2/c16-13-3-5-14(6-4-13)18-11-1-2-15(18)12-7-9-17-10-8-12/h1-11H. The van der Waals surface area contributed by atoms with E-state index >= 15 is 0 Å². The molecule has 3 rings (SSSR count). The summed E-state index contributed by atoms with van der Waals surface area (Å²) in [5, 5.41) is 0. The molecule has 2 aromatic heterocycles. The molecule has 0 N–H and O–H groups in total. The van der Waals surface area contributed by atoms with Crippen molar-refractivity contribution < 1.29 is 4.39 Å². The Morgan fingerprint density at radius 2 is 1.61 bits per heavy atom.